The molecule has 3 nitrogen and oxygen atoms in total. The van der Waals surface area contributed by atoms with Gasteiger partial charge < -0.3 is 9.88 Å². The number of halogens is 3. The molecule has 0 aliphatic rings. The second-order valence-electron chi connectivity index (χ2n) is 4.12. The van der Waals surface area contributed by atoms with Gasteiger partial charge in [0.05, 0.1) is 6.42 Å². The van der Waals surface area contributed by atoms with Crippen LogP contribution in [0, 0.1) is 0 Å². The Bertz CT molecular complexity index is 531. The summed E-state index contributed by atoms with van der Waals surface area (Å²) in [5.41, 5.74) is 1.56. The second-order valence-corrected chi connectivity index (χ2v) is 4.12. The first-order chi connectivity index (χ1) is 8.51. The minimum Gasteiger partial charge on any atom is -0.332 e. The van der Waals surface area contributed by atoms with E-state index in [9.17, 15) is 13.2 Å². The minimum atomic E-state index is -4.14. The molecule has 0 unspecified atom stereocenters. The molecule has 0 spiro atoms. The van der Waals surface area contributed by atoms with Crippen molar-refractivity contribution in [2.24, 2.45) is 0 Å². The average Bonchev–Trinajstić information content (AvgIpc) is 2.65. The Hall–Kier alpha value is -1.56. The molecule has 0 bridgehead atoms. The van der Waals surface area contributed by atoms with E-state index in [-0.39, 0.29) is 6.54 Å². The number of hydrogen-bond donors (Lipinski definition) is 1. The summed E-state index contributed by atoms with van der Waals surface area (Å²) >= 11 is 0. The van der Waals surface area contributed by atoms with Crippen LogP contribution in [0.2, 0.25) is 0 Å². The largest absolute Gasteiger partial charge is 0.390 e. The standard InChI is InChI=1S/C12H14F3N3/c1-16-7-9-8-18(6-4-12(13,14)15)11-10(9)3-2-5-17-11/h2-3,5,8,16H,4,6-7H2,1H3. The Labute approximate surface area is 103 Å². The monoisotopic (exact) mass is 257 g/mol. The van der Waals surface area contributed by atoms with E-state index in [0.717, 1.165) is 10.9 Å². The van der Waals surface area contributed by atoms with Crippen LogP contribution in [-0.4, -0.2) is 22.8 Å². The van der Waals surface area contributed by atoms with E-state index in [1.54, 1.807) is 30.1 Å². The number of nitrogens with one attached hydrogen (secondary N) is 1. The highest BCUT2D eigenvalue weighted by Crippen LogP contribution is 2.24. The van der Waals surface area contributed by atoms with Crippen molar-refractivity contribution in [3.63, 3.8) is 0 Å². The van der Waals surface area contributed by atoms with E-state index in [0.29, 0.717) is 12.2 Å². The van der Waals surface area contributed by atoms with E-state index in [2.05, 4.69) is 10.3 Å². The van der Waals surface area contributed by atoms with Gasteiger partial charge in [-0.05, 0) is 24.7 Å². The molecular weight excluding hydrogens is 243 g/mol. The van der Waals surface area contributed by atoms with Crippen molar-refractivity contribution in [2.45, 2.75) is 25.7 Å². The molecule has 2 heterocycles. The highest BCUT2D eigenvalue weighted by atomic mass is 19.4. The molecule has 0 amide bonds. The van der Waals surface area contributed by atoms with E-state index in [4.69, 9.17) is 0 Å². The van der Waals surface area contributed by atoms with Crippen LogP contribution in [0.5, 0.6) is 0 Å². The normalized spacial score (nSPS) is 12.2. The van der Waals surface area contributed by atoms with Crippen molar-refractivity contribution in [3.05, 3.63) is 30.1 Å². The first-order valence-corrected chi connectivity index (χ1v) is 5.65. The molecule has 0 fully saturated rings. The van der Waals surface area contributed by atoms with Crippen LogP contribution in [0.4, 0.5) is 13.2 Å². The van der Waals surface area contributed by atoms with Crippen LogP contribution in [0.3, 0.4) is 0 Å². The number of pyridine rings is 1. The molecule has 1 N–H and O–H groups in total. The fraction of sp³-hybridized carbons (Fsp3) is 0.417. The quantitative estimate of drug-likeness (QED) is 0.912. The van der Waals surface area contributed by atoms with Gasteiger partial charge in [-0.15, -0.1) is 0 Å². The Balaban J connectivity index is 2.32. The molecule has 0 saturated heterocycles. The summed E-state index contributed by atoms with van der Waals surface area (Å²) in [5, 5.41) is 3.90. The zero-order valence-electron chi connectivity index (χ0n) is 9.96. The van der Waals surface area contributed by atoms with Gasteiger partial charge in [0.25, 0.3) is 0 Å². The fourth-order valence-electron chi connectivity index (χ4n) is 1.94. The van der Waals surface area contributed by atoms with Crippen molar-refractivity contribution in [1.29, 1.82) is 0 Å². The summed E-state index contributed by atoms with van der Waals surface area (Å²) in [7, 11) is 1.80. The molecular formula is C12H14F3N3. The molecule has 0 aromatic carbocycles. The Morgan fingerprint density at radius 2 is 2.17 bits per heavy atom. The molecule has 2 aromatic rings. The fourth-order valence-corrected chi connectivity index (χ4v) is 1.94. The molecule has 6 heteroatoms. The maximum absolute atomic E-state index is 12.3. The van der Waals surface area contributed by atoms with Crippen LogP contribution in [-0.2, 0) is 13.1 Å². The Morgan fingerprint density at radius 1 is 1.39 bits per heavy atom. The summed E-state index contributed by atoms with van der Waals surface area (Å²) < 4.78 is 38.3. The Kier molecular flexibility index (Phi) is 3.56. The number of hydrogen-bond acceptors (Lipinski definition) is 2. The molecule has 2 aromatic heterocycles. The third kappa shape index (κ3) is 2.81. The topological polar surface area (TPSA) is 29.9 Å². The summed E-state index contributed by atoms with van der Waals surface area (Å²) in [6, 6.07) is 3.66. The van der Waals surface area contributed by atoms with Crippen LogP contribution >= 0.6 is 0 Å². The van der Waals surface area contributed by atoms with Crippen molar-refractivity contribution >= 4 is 11.0 Å². The van der Waals surface area contributed by atoms with Gasteiger partial charge in [0, 0.05) is 30.9 Å². The SMILES string of the molecule is CNCc1cn(CCC(F)(F)F)c2ncccc12. The van der Waals surface area contributed by atoms with Crippen molar-refractivity contribution in [2.75, 3.05) is 7.05 Å². The van der Waals surface area contributed by atoms with Gasteiger partial charge in [-0.25, -0.2) is 4.98 Å². The summed E-state index contributed by atoms with van der Waals surface area (Å²) in [6.07, 6.45) is -1.66. The zero-order valence-corrected chi connectivity index (χ0v) is 9.96. The van der Waals surface area contributed by atoms with Gasteiger partial charge in [-0.2, -0.15) is 13.2 Å². The predicted molar refractivity (Wildman–Crippen MR) is 63.2 cm³/mol. The van der Waals surface area contributed by atoms with Crippen molar-refractivity contribution in [1.82, 2.24) is 14.9 Å². The first kappa shape index (κ1) is 12.9. The smallest absolute Gasteiger partial charge is 0.332 e. The third-order valence-corrected chi connectivity index (χ3v) is 2.72. The van der Waals surface area contributed by atoms with E-state index in [1.807, 2.05) is 6.07 Å². The van der Waals surface area contributed by atoms with E-state index in [1.165, 1.54) is 0 Å². The molecule has 0 aliphatic carbocycles. The maximum atomic E-state index is 12.3. The van der Waals surface area contributed by atoms with Gasteiger partial charge in [0.15, 0.2) is 0 Å². The van der Waals surface area contributed by atoms with Gasteiger partial charge >= 0.3 is 6.18 Å². The number of alkyl halides is 3. The van der Waals surface area contributed by atoms with E-state index < -0.39 is 12.6 Å². The zero-order chi connectivity index (χ0) is 13.2. The lowest BCUT2D eigenvalue weighted by atomic mass is 10.2. The minimum absolute atomic E-state index is 0.0965. The van der Waals surface area contributed by atoms with Gasteiger partial charge in [0.1, 0.15) is 5.65 Å². The highest BCUT2D eigenvalue weighted by molar-refractivity contribution is 5.80. The maximum Gasteiger partial charge on any atom is 0.390 e. The second kappa shape index (κ2) is 4.97. The molecule has 0 radical (unpaired) electrons. The number of aryl methyl sites for hydroxylation is 1. The highest BCUT2D eigenvalue weighted by Gasteiger charge is 2.27. The van der Waals surface area contributed by atoms with Gasteiger partial charge in [-0.3, -0.25) is 0 Å². The summed E-state index contributed by atoms with van der Waals surface area (Å²) in [4.78, 5) is 4.15. The van der Waals surface area contributed by atoms with Gasteiger partial charge in [0.2, 0.25) is 0 Å². The number of nitrogens with zero attached hydrogens (tertiary/aromatic N) is 2. The van der Waals surface area contributed by atoms with E-state index >= 15 is 0 Å². The number of rotatable bonds is 4. The number of fused-ring (bicyclic) bond motifs is 1. The summed E-state index contributed by atoms with van der Waals surface area (Å²) in [6.45, 7) is 0.516. The molecule has 0 aliphatic heterocycles. The molecule has 2 rings (SSSR count). The molecule has 18 heavy (non-hydrogen) atoms. The first-order valence-electron chi connectivity index (χ1n) is 5.65. The molecule has 0 saturated carbocycles. The third-order valence-electron chi connectivity index (χ3n) is 2.72. The lowest BCUT2D eigenvalue weighted by molar-refractivity contribution is -0.136. The lowest BCUT2D eigenvalue weighted by Crippen LogP contribution is -2.12. The molecule has 98 valence electrons. The predicted octanol–water partition coefficient (Wildman–Crippen LogP) is 2.71. The number of aromatic nitrogens is 2. The van der Waals surface area contributed by atoms with Crippen LogP contribution in [0.25, 0.3) is 11.0 Å². The Morgan fingerprint density at radius 3 is 2.83 bits per heavy atom. The van der Waals surface area contributed by atoms with Gasteiger partial charge in [-0.1, -0.05) is 0 Å². The summed E-state index contributed by atoms with van der Waals surface area (Å²) in [5.74, 6) is 0. The average molecular weight is 257 g/mol. The van der Waals surface area contributed by atoms with Crippen LogP contribution in [0.1, 0.15) is 12.0 Å². The van der Waals surface area contributed by atoms with Crippen LogP contribution < -0.4 is 5.32 Å². The molecule has 0 atom stereocenters. The van der Waals surface area contributed by atoms with Crippen molar-refractivity contribution < 1.29 is 13.2 Å². The lowest BCUT2D eigenvalue weighted by Gasteiger charge is -2.07. The van der Waals surface area contributed by atoms with Crippen molar-refractivity contribution in [3.8, 4) is 0 Å². The van der Waals surface area contributed by atoms with Crippen LogP contribution in [0.15, 0.2) is 24.5 Å².